The number of hydrogen-bond donors (Lipinski definition) is 1. The number of nitrogens with one attached hydrogen (secondary N) is 1. The van der Waals surface area contributed by atoms with E-state index in [0.29, 0.717) is 18.8 Å². The van der Waals surface area contributed by atoms with Crippen molar-refractivity contribution in [1.82, 2.24) is 9.62 Å². The fraction of sp³-hybridized carbons (Fsp3) is 0.292. The molecule has 0 saturated carbocycles. The molecule has 0 aliphatic heterocycles. The highest BCUT2D eigenvalue weighted by Gasteiger charge is 2.21. The van der Waals surface area contributed by atoms with Gasteiger partial charge in [-0.05, 0) is 47.5 Å². The number of nitrogens with zero attached hydrogens (tertiary/aromatic N) is 1. The first-order chi connectivity index (χ1) is 14.8. The molecular weight excluding hydrogens is 428 g/mol. The van der Waals surface area contributed by atoms with Crippen LogP contribution in [0.3, 0.4) is 0 Å². The molecule has 3 aromatic carbocycles. The highest BCUT2D eigenvalue weighted by atomic mass is 32.2. The van der Waals surface area contributed by atoms with Gasteiger partial charge in [-0.1, -0.05) is 56.3 Å². The van der Waals surface area contributed by atoms with E-state index in [9.17, 15) is 13.2 Å². The summed E-state index contributed by atoms with van der Waals surface area (Å²) < 4.78 is 26.6. The minimum absolute atomic E-state index is 0.0644. The maximum Gasteiger partial charge on any atom is 0.243 e. The van der Waals surface area contributed by atoms with E-state index in [1.165, 1.54) is 21.5 Å². The third-order valence-corrected chi connectivity index (χ3v) is 8.25. The lowest BCUT2D eigenvalue weighted by Crippen LogP contribution is -2.30. The Morgan fingerprint density at radius 2 is 1.61 bits per heavy atom. The zero-order valence-electron chi connectivity index (χ0n) is 18.0. The van der Waals surface area contributed by atoms with Gasteiger partial charge in [0, 0.05) is 18.0 Å². The molecular formula is C24H28N2O3S2. The smallest absolute Gasteiger partial charge is 0.243 e. The maximum atomic E-state index is 12.6. The zero-order chi connectivity index (χ0) is 22.4. The largest absolute Gasteiger partial charge is 0.349 e. The number of carbonyl (C=O) groups excluding carboxylic acids is 1. The van der Waals surface area contributed by atoms with Crippen molar-refractivity contribution in [2.75, 3.05) is 18.8 Å². The second-order valence-electron chi connectivity index (χ2n) is 7.25. The molecule has 31 heavy (non-hydrogen) atoms. The Labute approximate surface area is 188 Å². The van der Waals surface area contributed by atoms with E-state index in [1.807, 2.05) is 39.0 Å². The van der Waals surface area contributed by atoms with Gasteiger partial charge >= 0.3 is 0 Å². The van der Waals surface area contributed by atoms with E-state index >= 15 is 0 Å². The molecule has 5 nitrogen and oxygen atoms in total. The first-order valence-electron chi connectivity index (χ1n) is 10.4. The fourth-order valence-corrected chi connectivity index (χ4v) is 5.63. The SMILES string of the molecule is CCN(CC)S(=O)(=O)c1ccc(C(C)NC(=O)CSc2ccc3ccccc3c2)cc1. The number of sulfonamides is 1. The summed E-state index contributed by atoms with van der Waals surface area (Å²) in [6, 6.07) is 20.8. The van der Waals surface area contributed by atoms with Gasteiger partial charge < -0.3 is 5.32 Å². The number of hydrogen-bond acceptors (Lipinski definition) is 4. The van der Waals surface area contributed by atoms with Crippen LogP contribution in [-0.4, -0.2) is 37.5 Å². The summed E-state index contributed by atoms with van der Waals surface area (Å²) in [5, 5.41) is 5.32. The van der Waals surface area contributed by atoms with E-state index in [0.717, 1.165) is 15.8 Å². The minimum atomic E-state index is -3.48. The monoisotopic (exact) mass is 456 g/mol. The van der Waals surface area contributed by atoms with Crippen LogP contribution in [0, 0.1) is 0 Å². The standard InChI is InChI=1S/C24H28N2O3S2/c1-4-26(5-2)31(28,29)23-14-11-19(12-15-23)18(3)25-24(27)17-30-22-13-10-20-8-6-7-9-21(20)16-22/h6-16,18H,4-5,17H2,1-3H3,(H,25,27). The Kier molecular flexibility index (Phi) is 7.75. The van der Waals surface area contributed by atoms with Gasteiger partial charge in [0.05, 0.1) is 16.7 Å². The Morgan fingerprint density at radius 1 is 0.968 bits per heavy atom. The van der Waals surface area contributed by atoms with Gasteiger partial charge in [-0.2, -0.15) is 4.31 Å². The summed E-state index contributed by atoms with van der Waals surface area (Å²) in [6.07, 6.45) is 0. The van der Waals surface area contributed by atoms with E-state index in [4.69, 9.17) is 0 Å². The molecule has 0 heterocycles. The van der Waals surface area contributed by atoms with Gasteiger partial charge in [0.15, 0.2) is 0 Å². The van der Waals surface area contributed by atoms with Crippen molar-refractivity contribution < 1.29 is 13.2 Å². The molecule has 1 N–H and O–H groups in total. The normalized spacial score (nSPS) is 12.8. The molecule has 0 radical (unpaired) electrons. The van der Waals surface area contributed by atoms with Crippen LogP contribution in [0.25, 0.3) is 10.8 Å². The van der Waals surface area contributed by atoms with Crippen LogP contribution >= 0.6 is 11.8 Å². The number of fused-ring (bicyclic) bond motifs is 1. The average Bonchev–Trinajstić information content (AvgIpc) is 2.78. The van der Waals surface area contributed by atoms with Crippen molar-refractivity contribution in [1.29, 1.82) is 0 Å². The Hall–Kier alpha value is -2.35. The predicted octanol–water partition coefficient (Wildman–Crippen LogP) is 4.84. The van der Waals surface area contributed by atoms with Gasteiger partial charge in [0.1, 0.15) is 0 Å². The Morgan fingerprint density at radius 3 is 2.26 bits per heavy atom. The number of thioether (sulfide) groups is 1. The maximum absolute atomic E-state index is 12.6. The highest BCUT2D eigenvalue weighted by molar-refractivity contribution is 8.00. The van der Waals surface area contributed by atoms with Crippen LogP contribution in [0.1, 0.15) is 32.4 Å². The number of benzene rings is 3. The van der Waals surface area contributed by atoms with Gasteiger partial charge in [0.25, 0.3) is 0 Å². The van der Waals surface area contributed by atoms with Crippen molar-refractivity contribution in [2.24, 2.45) is 0 Å². The number of amides is 1. The predicted molar refractivity (Wildman–Crippen MR) is 128 cm³/mol. The van der Waals surface area contributed by atoms with Crippen molar-refractivity contribution in [3.63, 3.8) is 0 Å². The Balaban J connectivity index is 1.58. The summed E-state index contributed by atoms with van der Waals surface area (Å²) in [6.45, 7) is 6.41. The Bertz CT molecular complexity index is 1140. The first kappa shape index (κ1) is 23.3. The zero-order valence-corrected chi connectivity index (χ0v) is 19.7. The van der Waals surface area contributed by atoms with Crippen LogP contribution in [0.2, 0.25) is 0 Å². The second-order valence-corrected chi connectivity index (χ2v) is 10.2. The lowest BCUT2D eigenvalue weighted by molar-refractivity contribution is -0.119. The molecule has 0 saturated heterocycles. The van der Waals surface area contributed by atoms with Crippen molar-refractivity contribution in [3.05, 3.63) is 72.3 Å². The molecule has 7 heteroatoms. The third kappa shape index (κ3) is 5.67. The van der Waals surface area contributed by atoms with E-state index < -0.39 is 10.0 Å². The molecule has 3 rings (SSSR count). The molecule has 0 bridgehead atoms. The molecule has 0 aliphatic carbocycles. The topological polar surface area (TPSA) is 66.5 Å². The van der Waals surface area contributed by atoms with Crippen LogP contribution in [-0.2, 0) is 14.8 Å². The van der Waals surface area contributed by atoms with Crippen molar-refractivity contribution >= 4 is 38.5 Å². The molecule has 0 fully saturated rings. The first-order valence-corrected chi connectivity index (χ1v) is 12.8. The number of carbonyl (C=O) groups is 1. The summed E-state index contributed by atoms with van der Waals surface area (Å²) >= 11 is 1.50. The third-order valence-electron chi connectivity index (χ3n) is 5.19. The number of rotatable bonds is 9. The second kappa shape index (κ2) is 10.3. The van der Waals surface area contributed by atoms with Gasteiger partial charge in [-0.3, -0.25) is 4.79 Å². The van der Waals surface area contributed by atoms with E-state index in [2.05, 4.69) is 29.6 Å². The molecule has 1 atom stereocenters. The van der Waals surface area contributed by atoms with Crippen molar-refractivity contribution in [2.45, 2.75) is 36.6 Å². The van der Waals surface area contributed by atoms with Crippen LogP contribution < -0.4 is 5.32 Å². The van der Waals surface area contributed by atoms with Crippen LogP contribution in [0.4, 0.5) is 0 Å². The average molecular weight is 457 g/mol. The molecule has 3 aromatic rings. The molecule has 1 unspecified atom stereocenters. The molecule has 0 spiro atoms. The van der Waals surface area contributed by atoms with Gasteiger partial charge in [-0.25, -0.2) is 8.42 Å². The van der Waals surface area contributed by atoms with E-state index in [-0.39, 0.29) is 16.8 Å². The molecule has 164 valence electrons. The fourth-order valence-electron chi connectivity index (χ4n) is 3.41. The lowest BCUT2D eigenvalue weighted by atomic mass is 10.1. The van der Waals surface area contributed by atoms with E-state index in [1.54, 1.807) is 24.3 Å². The molecule has 0 aromatic heterocycles. The van der Waals surface area contributed by atoms with Gasteiger partial charge in [0.2, 0.25) is 15.9 Å². The summed E-state index contributed by atoms with van der Waals surface area (Å²) in [5.41, 5.74) is 0.863. The van der Waals surface area contributed by atoms with Gasteiger partial charge in [-0.15, -0.1) is 11.8 Å². The van der Waals surface area contributed by atoms with Crippen molar-refractivity contribution in [3.8, 4) is 0 Å². The van der Waals surface area contributed by atoms with Crippen LogP contribution in [0.15, 0.2) is 76.5 Å². The summed E-state index contributed by atoms with van der Waals surface area (Å²) in [7, 11) is -3.48. The summed E-state index contributed by atoms with van der Waals surface area (Å²) in [4.78, 5) is 13.7. The minimum Gasteiger partial charge on any atom is -0.349 e. The lowest BCUT2D eigenvalue weighted by Gasteiger charge is -2.19. The molecule has 0 aliphatic rings. The summed E-state index contributed by atoms with van der Waals surface area (Å²) in [5.74, 6) is 0.252. The molecule has 1 amide bonds. The van der Waals surface area contributed by atoms with Crippen LogP contribution in [0.5, 0.6) is 0 Å². The quantitative estimate of drug-likeness (QED) is 0.468. The highest BCUT2D eigenvalue weighted by Crippen LogP contribution is 2.24.